The Morgan fingerprint density at radius 2 is 2.50 bits per heavy atom. The molecule has 10 heavy (non-hydrogen) atoms. The Morgan fingerprint density at radius 3 is 3.20 bits per heavy atom. The summed E-state index contributed by atoms with van der Waals surface area (Å²) in [5.41, 5.74) is 0. The van der Waals surface area contributed by atoms with E-state index in [2.05, 4.69) is 0 Å². The Morgan fingerprint density at radius 1 is 1.70 bits per heavy atom. The summed E-state index contributed by atoms with van der Waals surface area (Å²) in [7, 11) is 0. The van der Waals surface area contributed by atoms with Crippen LogP contribution in [0.2, 0.25) is 0 Å². The molecule has 2 fully saturated rings. The van der Waals surface area contributed by atoms with E-state index in [1.807, 2.05) is 11.8 Å². The second-order valence-electron chi connectivity index (χ2n) is 2.99. The Bertz CT molecular complexity index is 169. The molecule has 0 spiro atoms. The Hall–Kier alpha value is -0.730. The van der Waals surface area contributed by atoms with Gasteiger partial charge in [0.15, 0.2) is 0 Å². The maximum atomic E-state index is 11.0. The molecule has 0 N–H and O–H groups in total. The summed E-state index contributed by atoms with van der Waals surface area (Å²) in [6.07, 6.45) is 2.27. The Kier molecular flexibility index (Phi) is 1.13. The van der Waals surface area contributed by atoms with Crippen molar-refractivity contribution in [2.45, 2.75) is 31.9 Å². The summed E-state index contributed by atoms with van der Waals surface area (Å²) in [6, 6.07) is 0.382. The van der Waals surface area contributed by atoms with Crippen molar-refractivity contribution in [1.29, 1.82) is 0 Å². The lowest BCUT2D eigenvalue weighted by Crippen LogP contribution is -2.29. The minimum absolute atomic E-state index is 0.116. The highest BCUT2D eigenvalue weighted by atomic mass is 16.6. The number of rotatable bonds is 0. The van der Waals surface area contributed by atoms with Gasteiger partial charge in [0, 0.05) is 6.54 Å². The van der Waals surface area contributed by atoms with Crippen molar-refractivity contribution < 1.29 is 9.53 Å². The van der Waals surface area contributed by atoms with Crippen molar-refractivity contribution in [2.75, 3.05) is 6.54 Å². The average Bonchev–Trinajstić information content (AvgIpc) is 2.39. The molecule has 0 aromatic rings. The van der Waals surface area contributed by atoms with E-state index in [1.165, 1.54) is 0 Å². The Labute approximate surface area is 60.0 Å². The maximum Gasteiger partial charge on any atom is 0.410 e. The number of amides is 1. The fraction of sp³-hybridized carbons (Fsp3) is 0.857. The van der Waals surface area contributed by atoms with Gasteiger partial charge in [-0.2, -0.15) is 0 Å². The van der Waals surface area contributed by atoms with Gasteiger partial charge in [-0.3, -0.25) is 0 Å². The topological polar surface area (TPSA) is 29.5 Å². The first-order chi connectivity index (χ1) is 4.79. The summed E-state index contributed by atoms with van der Waals surface area (Å²) in [6.45, 7) is 2.86. The summed E-state index contributed by atoms with van der Waals surface area (Å²) in [5, 5.41) is 0. The van der Waals surface area contributed by atoms with Crippen molar-refractivity contribution in [2.24, 2.45) is 0 Å². The van der Waals surface area contributed by atoms with Gasteiger partial charge >= 0.3 is 6.09 Å². The second-order valence-corrected chi connectivity index (χ2v) is 2.99. The summed E-state index contributed by atoms with van der Waals surface area (Å²) in [4.78, 5) is 12.8. The number of carbonyl (C=O) groups is 1. The van der Waals surface area contributed by atoms with E-state index in [4.69, 9.17) is 4.74 Å². The predicted octanol–water partition coefficient (Wildman–Crippen LogP) is 0.990. The smallest absolute Gasteiger partial charge is 0.410 e. The zero-order valence-corrected chi connectivity index (χ0v) is 6.04. The molecular weight excluding hydrogens is 130 g/mol. The molecule has 2 aliphatic heterocycles. The highest BCUT2D eigenvalue weighted by molar-refractivity contribution is 5.71. The zero-order chi connectivity index (χ0) is 7.14. The molecule has 0 bridgehead atoms. The zero-order valence-electron chi connectivity index (χ0n) is 6.04. The highest BCUT2D eigenvalue weighted by Gasteiger charge is 2.41. The number of carbonyl (C=O) groups excluding carboxylic acids is 1. The lowest BCUT2D eigenvalue weighted by Gasteiger charge is -2.11. The molecule has 2 aliphatic rings. The van der Waals surface area contributed by atoms with Crippen molar-refractivity contribution >= 4 is 6.09 Å². The number of hydrogen-bond donors (Lipinski definition) is 0. The molecule has 0 radical (unpaired) electrons. The maximum absolute atomic E-state index is 11.0. The molecule has 0 aliphatic carbocycles. The molecule has 56 valence electrons. The lowest BCUT2D eigenvalue weighted by molar-refractivity contribution is 0.134. The molecule has 2 rings (SSSR count). The molecule has 2 atom stereocenters. The molecule has 0 aromatic carbocycles. The molecule has 1 unspecified atom stereocenters. The predicted molar refractivity (Wildman–Crippen MR) is 35.7 cm³/mol. The van der Waals surface area contributed by atoms with Crippen molar-refractivity contribution in [1.82, 2.24) is 4.90 Å². The van der Waals surface area contributed by atoms with Crippen LogP contribution in [0.5, 0.6) is 0 Å². The van der Waals surface area contributed by atoms with Crippen molar-refractivity contribution in [3.63, 3.8) is 0 Å². The van der Waals surface area contributed by atoms with Gasteiger partial charge in [0.2, 0.25) is 0 Å². The fourth-order valence-electron chi connectivity index (χ4n) is 1.81. The number of cyclic esters (lactones) is 1. The summed E-state index contributed by atoms with van der Waals surface area (Å²) >= 11 is 0. The van der Waals surface area contributed by atoms with E-state index in [9.17, 15) is 4.79 Å². The summed E-state index contributed by atoms with van der Waals surface area (Å²) < 4.78 is 5.02. The molecule has 3 nitrogen and oxygen atoms in total. The molecule has 3 heteroatoms. The van der Waals surface area contributed by atoms with Crippen LogP contribution in [0.25, 0.3) is 0 Å². The Balaban J connectivity index is 2.19. The van der Waals surface area contributed by atoms with Gasteiger partial charge in [-0.15, -0.1) is 0 Å². The minimum atomic E-state index is -0.116. The van der Waals surface area contributed by atoms with E-state index in [1.54, 1.807) is 0 Å². The van der Waals surface area contributed by atoms with Crippen LogP contribution < -0.4 is 0 Å². The van der Waals surface area contributed by atoms with Crippen LogP contribution in [0.15, 0.2) is 0 Å². The molecule has 0 saturated carbocycles. The van der Waals surface area contributed by atoms with E-state index >= 15 is 0 Å². The highest BCUT2D eigenvalue weighted by Crippen LogP contribution is 2.28. The van der Waals surface area contributed by atoms with Crippen LogP contribution >= 0.6 is 0 Å². The third-order valence-corrected chi connectivity index (χ3v) is 2.36. The number of ether oxygens (including phenoxy) is 1. The largest absolute Gasteiger partial charge is 0.444 e. The lowest BCUT2D eigenvalue weighted by atomic mass is 10.1. The normalized spacial score (nSPS) is 38.1. The standard InChI is InChI=1S/C7H11NO2/c1-5-6-3-2-4-8(6)7(9)10-5/h5-6H,2-4H2,1H3/t5-,6?/m1/s1. The van der Waals surface area contributed by atoms with E-state index in [0.717, 1.165) is 19.4 Å². The first kappa shape index (κ1) is 6.01. The number of fused-ring (bicyclic) bond motifs is 1. The van der Waals surface area contributed by atoms with Gasteiger partial charge in [0.1, 0.15) is 6.10 Å². The van der Waals surface area contributed by atoms with Crippen molar-refractivity contribution in [3.05, 3.63) is 0 Å². The SMILES string of the molecule is C[C@H]1OC(=O)N2CCCC12. The van der Waals surface area contributed by atoms with Crippen molar-refractivity contribution in [3.8, 4) is 0 Å². The van der Waals surface area contributed by atoms with Crippen LogP contribution in [-0.4, -0.2) is 29.7 Å². The third kappa shape index (κ3) is 0.632. The first-order valence-electron chi connectivity index (χ1n) is 3.76. The quantitative estimate of drug-likeness (QED) is 0.503. The van der Waals surface area contributed by atoms with Crippen LogP contribution in [0.4, 0.5) is 4.79 Å². The number of hydrogen-bond acceptors (Lipinski definition) is 2. The fourth-order valence-corrected chi connectivity index (χ4v) is 1.81. The molecule has 2 heterocycles. The van der Waals surface area contributed by atoms with Crippen LogP contribution in [0, 0.1) is 0 Å². The van der Waals surface area contributed by atoms with E-state index in [0.29, 0.717) is 6.04 Å². The van der Waals surface area contributed by atoms with Gasteiger partial charge in [0.25, 0.3) is 0 Å². The van der Waals surface area contributed by atoms with Gasteiger partial charge in [-0.1, -0.05) is 0 Å². The molecule has 2 saturated heterocycles. The van der Waals surface area contributed by atoms with Crippen LogP contribution in [-0.2, 0) is 4.74 Å². The van der Waals surface area contributed by atoms with Crippen LogP contribution in [0.1, 0.15) is 19.8 Å². The van der Waals surface area contributed by atoms with Gasteiger partial charge in [-0.05, 0) is 19.8 Å². The third-order valence-electron chi connectivity index (χ3n) is 2.36. The monoisotopic (exact) mass is 141 g/mol. The number of nitrogens with zero attached hydrogens (tertiary/aromatic N) is 1. The molecule has 0 aromatic heterocycles. The first-order valence-corrected chi connectivity index (χ1v) is 3.76. The van der Waals surface area contributed by atoms with Gasteiger partial charge in [-0.25, -0.2) is 4.79 Å². The summed E-state index contributed by atoms with van der Waals surface area (Å²) in [5.74, 6) is 0. The van der Waals surface area contributed by atoms with E-state index in [-0.39, 0.29) is 12.2 Å². The van der Waals surface area contributed by atoms with E-state index < -0.39 is 0 Å². The minimum Gasteiger partial charge on any atom is -0.444 e. The molecular formula is C7H11NO2. The van der Waals surface area contributed by atoms with Gasteiger partial charge < -0.3 is 9.64 Å². The second kappa shape index (κ2) is 1.87. The van der Waals surface area contributed by atoms with Crippen LogP contribution in [0.3, 0.4) is 0 Å². The molecule has 1 amide bonds. The van der Waals surface area contributed by atoms with Gasteiger partial charge in [0.05, 0.1) is 6.04 Å². The average molecular weight is 141 g/mol.